The summed E-state index contributed by atoms with van der Waals surface area (Å²) in [6, 6.07) is 0. The highest BCUT2D eigenvalue weighted by atomic mass is 32.2. The van der Waals surface area contributed by atoms with Gasteiger partial charge in [0.25, 0.3) is 0 Å². The highest BCUT2D eigenvalue weighted by Gasteiger charge is 2.26. The van der Waals surface area contributed by atoms with Crippen molar-refractivity contribution in [1.82, 2.24) is 0 Å². The summed E-state index contributed by atoms with van der Waals surface area (Å²) in [5, 5.41) is 0. The molecule has 2 rings (SSSR count). The highest BCUT2D eigenvalue weighted by Crippen LogP contribution is 2.11. The summed E-state index contributed by atoms with van der Waals surface area (Å²) in [5.74, 6) is 0. The average Bonchev–Trinajstić information content (AvgIpc) is 2.93. The molecule has 2 heterocycles. The highest BCUT2D eigenvalue weighted by molar-refractivity contribution is 7.75. The van der Waals surface area contributed by atoms with Gasteiger partial charge in [-0.2, -0.15) is 12.6 Å². The topological polar surface area (TPSA) is 107 Å². The van der Waals surface area contributed by atoms with Gasteiger partial charge >= 0.3 is 34.1 Å². The Hall–Kier alpha value is 0.210. The lowest BCUT2D eigenvalue weighted by molar-refractivity contribution is 0.122. The van der Waals surface area contributed by atoms with Crippen LogP contribution in [0.2, 0.25) is 0 Å². The van der Waals surface area contributed by atoms with Crippen molar-refractivity contribution in [3.05, 3.63) is 0 Å². The van der Waals surface area contributed by atoms with E-state index in [1.165, 1.54) is 0 Å². The third-order valence-corrected chi connectivity index (χ3v) is 4.00. The van der Waals surface area contributed by atoms with Gasteiger partial charge < -0.3 is 0 Å². The molecule has 9 nitrogen and oxygen atoms in total. The van der Waals surface area contributed by atoms with Gasteiger partial charge in [0.15, 0.2) is 0 Å². The van der Waals surface area contributed by atoms with Gasteiger partial charge in [0.05, 0.1) is 26.4 Å². The number of rotatable bonds is 6. The van der Waals surface area contributed by atoms with Crippen LogP contribution >= 0.6 is 0 Å². The zero-order valence-corrected chi connectivity index (χ0v) is 11.3. The van der Waals surface area contributed by atoms with Crippen LogP contribution in [0.15, 0.2) is 0 Å². The molecule has 2 aliphatic rings. The molecule has 4 atom stereocenters. The first-order chi connectivity index (χ1) is 8.63. The molecule has 0 aromatic rings. The maximum Gasteiger partial charge on any atom is 0.305 e. The molecule has 2 aliphatic heterocycles. The first kappa shape index (κ1) is 14.6. The van der Waals surface area contributed by atoms with Crippen molar-refractivity contribution in [2.24, 2.45) is 0 Å². The summed E-state index contributed by atoms with van der Waals surface area (Å²) in [5.41, 5.74) is 0. The van der Waals surface area contributed by atoms with E-state index < -0.39 is 46.3 Å². The number of hydrogen-bond acceptors (Lipinski definition) is 9. The average molecular weight is 322 g/mol. The fourth-order valence-electron chi connectivity index (χ4n) is 1.04. The maximum atomic E-state index is 11.2. The molecule has 0 amide bonds. The molecule has 0 aliphatic carbocycles. The van der Waals surface area contributed by atoms with E-state index in [2.05, 4.69) is 8.37 Å². The fraction of sp³-hybridized carbons (Fsp3) is 1.00. The summed E-state index contributed by atoms with van der Waals surface area (Å²) >= 11 is -5.54. The van der Waals surface area contributed by atoms with Crippen LogP contribution in [0, 0.1) is 0 Å². The van der Waals surface area contributed by atoms with Crippen LogP contribution < -0.4 is 0 Å². The van der Waals surface area contributed by atoms with Gasteiger partial charge in [0.1, 0.15) is 12.2 Å². The lowest BCUT2D eigenvalue weighted by Gasteiger charge is -2.08. The zero-order chi connectivity index (χ0) is 13.0. The van der Waals surface area contributed by atoms with Crippen molar-refractivity contribution >= 4 is 34.1 Å². The lowest BCUT2D eigenvalue weighted by atomic mass is 10.4. The summed E-state index contributed by atoms with van der Waals surface area (Å²) in [6.07, 6.45) is -1.09. The van der Waals surface area contributed by atoms with E-state index in [1.807, 2.05) is 0 Å². The van der Waals surface area contributed by atoms with E-state index in [4.69, 9.17) is 16.7 Å². The van der Waals surface area contributed by atoms with Crippen LogP contribution in [0.5, 0.6) is 0 Å². The zero-order valence-electron chi connectivity index (χ0n) is 8.88. The molecular formula is C6H10O9S3. The Labute approximate surface area is 111 Å². The minimum absolute atomic E-state index is 0.0771. The first-order valence-electron chi connectivity index (χ1n) is 4.76. The largest absolute Gasteiger partial charge is 0.305 e. The van der Waals surface area contributed by atoms with Gasteiger partial charge in [0, 0.05) is 0 Å². The van der Waals surface area contributed by atoms with Crippen molar-refractivity contribution < 1.29 is 37.7 Å². The summed E-state index contributed by atoms with van der Waals surface area (Å²) < 4.78 is 60.9. The molecule has 0 unspecified atom stereocenters. The van der Waals surface area contributed by atoms with Crippen LogP contribution in [0.3, 0.4) is 0 Å². The lowest BCUT2D eigenvalue weighted by Crippen LogP contribution is -2.22. The van der Waals surface area contributed by atoms with Crippen molar-refractivity contribution in [2.45, 2.75) is 12.2 Å². The van der Waals surface area contributed by atoms with E-state index in [0.717, 1.165) is 0 Å². The molecule has 0 bridgehead atoms. The minimum Gasteiger partial charge on any atom is -0.266 e. The molecule has 0 saturated carbocycles. The molecule has 0 radical (unpaired) electrons. The number of hydrogen-bond donors (Lipinski definition) is 0. The van der Waals surface area contributed by atoms with Gasteiger partial charge in [-0.1, -0.05) is 0 Å². The van der Waals surface area contributed by atoms with Crippen LogP contribution in [0.4, 0.5) is 0 Å². The molecule has 0 N–H and O–H groups in total. The van der Waals surface area contributed by atoms with Crippen LogP contribution in [-0.4, -0.2) is 51.3 Å². The SMILES string of the molecule is O=S(OC[C@@H]1CO[S@@](=O)O1)OC[C@@H]1CO[S@@](=O)O1. The fourth-order valence-corrected chi connectivity index (χ4v) is 2.94. The Kier molecular flexibility index (Phi) is 5.78. The Bertz CT molecular complexity index is 328. The summed E-state index contributed by atoms with van der Waals surface area (Å²) in [4.78, 5) is 0. The smallest absolute Gasteiger partial charge is 0.266 e. The second-order valence-electron chi connectivity index (χ2n) is 3.19. The summed E-state index contributed by atoms with van der Waals surface area (Å²) in [7, 11) is 0. The van der Waals surface area contributed by atoms with Crippen LogP contribution in [0.25, 0.3) is 0 Å². The Morgan fingerprint density at radius 3 is 1.78 bits per heavy atom. The van der Waals surface area contributed by atoms with Gasteiger partial charge in [-0.05, 0) is 0 Å². The van der Waals surface area contributed by atoms with Gasteiger partial charge in [-0.25, -0.2) is 0 Å². The molecule has 0 spiro atoms. The van der Waals surface area contributed by atoms with Crippen LogP contribution in [-0.2, 0) is 59.2 Å². The van der Waals surface area contributed by atoms with Crippen molar-refractivity contribution in [2.75, 3.05) is 26.4 Å². The van der Waals surface area contributed by atoms with E-state index in [-0.39, 0.29) is 26.4 Å². The van der Waals surface area contributed by atoms with E-state index in [1.54, 1.807) is 0 Å². The standard InChI is InChI=1S/C6H10O9S3/c7-16(10-1-5-3-12-17(8)14-5)11-2-6-4-13-18(9)15-6/h5-6H,1-4H2/t5-,6-,17-,18-/m1/s1. The molecule has 2 saturated heterocycles. The third kappa shape index (κ3) is 4.71. The molecule has 18 heavy (non-hydrogen) atoms. The van der Waals surface area contributed by atoms with Gasteiger partial charge in [0.2, 0.25) is 0 Å². The third-order valence-electron chi connectivity index (χ3n) is 1.83. The van der Waals surface area contributed by atoms with Crippen LogP contribution in [0.1, 0.15) is 0 Å². The Balaban J connectivity index is 1.57. The Morgan fingerprint density at radius 2 is 1.44 bits per heavy atom. The maximum absolute atomic E-state index is 11.2. The second kappa shape index (κ2) is 7.12. The Morgan fingerprint density at radius 1 is 1.00 bits per heavy atom. The predicted molar refractivity (Wildman–Crippen MR) is 58.0 cm³/mol. The molecule has 2 fully saturated rings. The van der Waals surface area contributed by atoms with Crippen molar-refractivity contribution in [3.63, 3.8) is 0 Å². The minimum atomic E-state index is -2.00. The van der Waals surface area contributed by atoms with Crippen molar-refractivity contribution in [3.8, 4) is 0 Å². The van der Waals surface area contributed by atoms with Gasteiger partial charge in [-0.3, -0.25) is 25.1 Å². The predicted octanol–water partition coefficient (Wildman–Crippen LogP) is -1.41. The van der Waals surface area contributed by atoms with Crippen molar-refractivity contribution in [1.29, 1.82) is 0 Å². The quantitative estimate of drug-likeness (QED) is 0.582. The molecular weight excluding hydrogens is 312 g/mol. The molecule has 0 aromatic carbocycles. The summed E-state index contributed by atoms with van der Waals surface area (Å²) in [6.45, 7) is 0.0450. The van der Waals surface area contributed by atoms with E-state index >= 15 is 0 Å². The second-order valence-corrected chi connectivity index (χ2v) is 5.74. The molecule has 12 heteroatoms. The molecule has 0 aromatic heterocycles. The monoisotopic (exact) mass is 322 g/mol. The van der Waals surface area contributed by atoms with E-state index in [9.17, 15) is 12.6 Å². The van der Waals surface area contributed by atoms with Gasteiger partial charge in [-0.15, -0.1) is 0 Å². The normalized spacial score (nSPS) is 36.5. The first-order valence-corrected chi connectivity index (χ1v) is 7.76. The molecule has 106 valence electrons. The van der Waals surface area contributed by atoms with E-state index in [0.29, 0.717) is 0 Å².